The van der Waals surface area contributed by atoms with Gasteiger partial charge >= 0.3 is 0 Å². The van der Waals surface area contributed by atoms with Crippen molar-refractivity contribution in [3.63, 3.8) is 0 Å². The van der Waals surface area contributed by atoms with Gasteiger partial charge in [-0.3, -0.25) is 0 Å². The number of halogens is 1. The van der Waals surface area contributed by atoms with E-state index in [1.807, 2.05) is 60.7 Å². The summed E-state index contributed by atoms with van der Waals surface area (Å²) in [7, 11) is 1.66. The first kappa shape index (κ1) is 19.6. The first-order chi connectivity index (χ1) is 14.2. The Morgan fingerprint density at radius 3 is 2.59 bits per heavy atom. The molecule has 0 saturated carbocycles. The van der Waals surface area contributed by atoms with Crippen LogP contribution in [0.15, 0.2) is 65.1 Å². The molecule has 0 fully saturated rings. The average Bonchev–Trinajstić information content (AvgIpc) is 3.22. The minimum absolute atomic E-state index is 0.283. The van der Waals surface area contributed by atoms with Gasteiger partial charge in [0.25, 0.3) is 0 Å². The summed E-state index contributed by atoms with van der Waals surface area (Å²) in [5.41, 5.74) is 3.25. The fraction of sp³-hybridized carbons (Fsp3) is 0.217. The van der Waals surface area contributed by atoms with E-state index >= 15 is 0 Å². The first-order valence-electron chi connectivity index (χ1n) is 9.36. The molecule has 1 N–H and O–H groups in total. The number of hydrogen-bond acceptors (Lipinski definition) is 5. The van der Waals surface area contributed by atoms with Crippen LogP contribution < -0.4 is 24.3 Å². The molecule has 0 saturated heterocycles. The maximum absolute atomic E-state index is 6.16. The van der Waals surface area contributed by atoms with E-state index in [1.54, 1.807) is 7.11 Å². The zero-order valence-corrected chi connectivity index (χ0v) is 17.7. The third-order valence-corrected chi connectivity index (χ3v) is 5.42. The van der Waals surface area contributed by atoms with E-state index in [0.29, 0.717) is 25.4 Å². The highest BCUT2D eigenvalue weighted by atomic mass is 79.9. The summed E-state index contributed by atoms with van der Waals surface area (Å²) in [5, 5.41) is 3.48. The zero-order valence-electron chi connectivity index (χ0n) is 16.1. The van der Waals surface area contributed by atoms with E-state index in [2.05, 4.69) is 21.2 Å². The van der Waals surface area contributed by atoms with E-state index < -0.39 is 0 Å². The van der Waals surface area contributed by atoms with Crippen LogP contribution >= 0.6 is 15.9 Å². The smallest absolute Gasteiger partial charge is 0.231 e. The summed E-state index contributed by atoms with van der Waals surface area (Å²) >= 11 is 3.65. The number of rotatable bonds is 8. The van der Waals surface area contributed by atoms with E-state index in [9.17, 15) is 0 Å². The number of ether oxygens (including phenoxy) is 4. The Bertz CT molecular complexity index is 978. The van der Waals surface area contributed by atoms with Gasteiger partial charge in [-0.25, -0.2) is 0 Å². The zero-order chi connectivity index (χ0) is 20.1. The second-order valence-corrected chi connectivity index (χ2v) is 7.48. The first-order valence-corrected chi connectivity index (χ1v) is 10.1. The quantitative estimate of drug-likeness (QED) is 0.514. The minimum Gasteiger partial charge on any atom is -0.493 e. The molecule has 0 spiro atoms. The van der Waals surface area contributed by atoms with Gasteiger partial charge in [-0.1, -0.05) is 52.3 Å². The van der Waals surface area contributed by atoms with Gasteiger partial charge in [-0.2, -0.15) is 0 Å². The number of nitrogens with one attached hydrogen (secondary N) is 1. The summed E-state index contributed by atoms with van der Waals surface area (Å²) in [6.07, 6.45) is 0. The van der Waals surface area contributed by atoms with Crippen molar-refractivity contribution in [2.75, 3.05) is 13.9 Å². The monoisotopic (exact) mass is 455 g/mol. The SMILES string of the molecule is COc1ccc(Br)c(CNCc2ccc3c(c2)OCO3)c1OCc1ccccc1. The van der Waals surface area contributed by atoms with Gasteiger partial charge in [-0.05, 0) is 35.4 Å². The Kier molecular flexibility index (Phi) is 6.22. The predicted octanol–water partition coefficient (Wildman–Crippen LogP) is 5.06. The Balaban J connectivity index is 1.47. The molecule has 3 aromatic rings. The van der Waals surface area contributed by atoms with Crippen LogP contribution in [0.3, 0.4) is 0 Å². The molecule has 150 valence electrons. The lowest BCUT2D eigenvalue weighted by atomic mass is 10.1. The summed E-state index contributed by atoms with van der Waals surface area (Å²) < 4.78 is 23.5. The average molecular weight is 456 g/mol. The van der Waals surface area contributed by atoms with Crippen LogP contribution in [0, 0.1) is 0 Å². The molecule has 0 bridgehead atoms. The summed E-state index contributed by atoms with van der Waals surface area (Å²) in [6.45, 7) is 2.07. The number of hydrogen-bond donors (Lipinski definition) is 1. The van der Waals surface area contributed by atoms with Crippen molar-refractivity contribution in [1.29, 1.82) is 0 Å². The Labute approximate surface area is 178 Å². The fourth-order valence-corrected chi connectivity index (χ4v) is 3.63. The predicted molar refractivity (Wildman–Crippen MR) is 115 cm³/mol. The molecule has 0 aliphatic carbocycles. The van der Waals surface area contributed by atoms with Crippen LogP contribution in [0.25, 0.3) is 0 Å². The van der Waals surface area contributed by atoms with Gasteiger partial charge in [0.2, 0.25) is 6.79 Å². The normalized spacial score (nSPS) is 12.1. The molecule has 5 nitrogen and oxygen atoms in total. The van der Waals surface area contributed by atoms with Crippen LogP contribution in [0.4, 0.5) is 0 Å². The van der Waals surface area contributed by atoms with Gasteiger partial charge in [-0.15, -0.1) is 0 Å². The maximum Gasteiger partial charge on any atom is 0.231 e. The van der Waals surface area contributed by atoms with Crippen molar-refractivity contribution < 1.29 is 18.9 Å². The number of benzene rings is 3. The lowest BCUT2D eigenvalue weighted by Gasteiger charge is -2.17. The number of fused-ring (bicyclic) bond motifs is 1. The summed E-state index contributed by atoms with van der Waals surface area (Å²) in [6, 6.07) is 20.0. The van der Waals surface area contributed by atoms with Crippen molar-refractivity contribution in [2.45, 2.75) is 19.7 Å². The van der Waals surface area contributed by atoms with Crippen molar-refractivity contribution in [1.82, 2.24) is 5.32 Å². The minimum atomic E-state index is 0.283. The third kappa shape index (κ3) is 4.66. The molecule has 0 atom stereocenters. The second-order valence-electron chi connectivity index (χ2n) is 6.62. The van der Waals surface area contributed by atoms with Gasteiger partial charge in [0.05, 0.1) is 7.11 Å². The third-order valence-electron chi connectivity index (χ3n) is 4.68. The Morgan fingerprint density at radius 2 is 1.76 bits per heavy atom. The lowest BCUT2D eigenvalue weighted by molar-refractivity contribution is 0.174. The van der Waals surface area contributed by atoms with Crippen molar-refractivity contribution in [3.05, 3.63) is 81.8 Å². The van der Waals surface area contributed by atoms with Gasteiger partial charge in [0, 0.05) is 23.1 Å². The molecular weight excluding hydrogens is 434 g/mol. The van der Waals surface area contributed by atoms with Crippen molar-refractivity contribution >= 4 is 15.9 Å². The fourth-order valence-electron chi connectivity index (χ4n) is 3.18. The van der Waals surface area contributed by atoms with Gasteiger partial charge in [0.1, 0.15) is 6.61 Å². The molecule has 4 rings (SSSR count). The molecule has 0 aromatic heterocycles. The molecular formula is C23H22BrNO4. The van der Waals surface area contributed by atoms with E-state index in [-0.39, 0.29) is 6.79 Å². The molecule has 1 aliphatic heterocycles. The topological polar surface area (TPSA) is 49.0 Å². The van der Waals surface area contributed by atoms with Gasteiger partial charge < -0.3 is 24.3 Å². The standard InChI is InChI=1S/C23H22BrNO4/c1-26-21-10-8-19(24)18(23(21)27-14-16-5-3-2-4-6-16)13-25-12-17-7-9-20-22(11-17)29-15-28-20/h2-11,25H,12-15H2,1H3. The molecule has 0 unspecified atom stereocenters. The van der Waals surface area contributed by atoms with E-state index in [0.717, 1.165) is 38.4 Å². The van der Waals surface area contributed by atoms with Gasteiger partial charge in [0.15, 0.2) is 23.0 Å². The molecule has 0 radical (unpaired) electrons. The van der Waals surface area contributed by atoms with Crippen LogP contribution in [0.5, 0.6) is 23.0 Å². The summed E-state index contributed by atoms with van der Waals surface area (Å²) in [4.78, 5) is 0. The molecule has 0 amide bonds. The van der Waals surface area contributed by atoms with E-state index in [4.69, 9.17) is 18.9 Å². The second kappa shape index (κ2) is 9.20. The largest absolute Gasteiger partial charge is 0.493 e. The summed E-state index contributed by atoms with van der Waals surface area (Å²) in [5.74, 6) is 3.03. The Hall–Kier alpha value is -2.70. The highest BCUT2D eigenvalue weighted by molar-refractivity contribution is 9.10. The molecule has 1 heterocycles. The van der Waals surface area contributed by atoms with E-state index in [1.165, 1.54) is 0 Å². The number of methoxy groups -OCH3 is 1. The van der Waals surface area contributed by atoms with Crippen LogP contribution in [-0.4, -0.2) is 13.9 Å². The van der Waals surface area contributed by atoms with Crippen LogP contribution in [-0.2, 0) is 19.7 Å². The Morgan fingerprint density at radius 1 is 0.931 bits per heavy atom. The highest BCUT2D eigenvalue weighted by Crippen LogP contribution is 2.37. The van der Waals surface area contributed by atoms with Crippen LogP contribution in [0.1, 0.15) is 16.7 Å². The molecule has 3 aromatic carbocycles. The van der Waals surface area contributed by atoms with Crippen LogP contribution in [0.2, 0.25) is 0 Å². The molecule has 29 heavy (non-hydrogen) atoms. The maximum atomic E-state index is 6.16. The highest BCUT2D eigenvalue weighted by Gasteiger charge is 2.16. The van der Waals surface area contributed by atoms with Crippen molar-refractivity contribution in [2.24, 2.45) is 0 Å². The van der Waals surface area contributed by atoms with Crippen molar-refractivity contribution in [3.8, 4) is 23.0 Å². The lowest BCUT2D eigenvalue weighted by Crippen LogP contribution is -2.14. The molecule has 6 heteroatoms. The molecule has 1 aliphatic rings.